The van der Waals surface area contributed by atoms with Gasteiger partial charge in [0.15, 0.2) is 0 Å². The zero-order chi connectivity index (χ0) is 13.2. The Balaban J connectivity index is 1.52. The van der Waals surface area contributed by atoms with Crippen LogP contribution in [-0.4, -0.2) is 18.0 Å². The van der Waals surface area contributed by atoms with E-state index in [1.165, 1.54) is 36.8 Å². The molecule has 1 saturated carbocycles. The van der Waals surface area contributed by atoms with E-state index in [0.29, 0.717) is 12.6 Å². The van der Waals surface area contributed by atoms with Crippen LogP contribution in [0, 0.1) is 12.8 Å². The molecule has 3 unspecified atom stereocenters. The van der Waals surface area contributed by atoms with E-state index < -0.39 is 0 Å². The molecular weight excluding hydrogens is 256 g/mol. The molecule has 1 aliphatic heterocycles. The van der Waals surface area contributed by atoms with Crippen molar-refractivity contribution in [1.82, 2.24) is 10.6 Å². The Morgan fingerprint density at radius 1 is 1.42 bits per heavy atom. The Labute approximate surface area is 118 Å². The fourth-order valence-electron chi connectivity index (χ4n) is 3.39. The molecule has 3 nitrogen and oxygen atoms in total. The van der Waals surface area contributed by atoms with Gasteiger partial charge in [0.25, 0.3) is 0 Å². The molecular formula is C15H22N2OS. The van der Waals surface area contributed by atoms with Crippen LogP contribution in [0.2, 0.25) is 0 Å². The van der Waals surface area contributed by atoms with Crippen LogP contribution in [-0.2, 0) is 11.3 Å². The summed E-state index contributed by atoms with van der Waals surface area (Å²) < 4.78 is 0. The summed E-state index contributed by atoms with van der Waals surface area (Å²) in [7, 11) is 0. The average molecular weight is 278 g/mol. The van der Waals surface area contributed by atoms with Gasteiger partial charge in [-0.25, -0.2) is 0 Å². The van der Waals surface area contributed by atoms with E-state index in [9.17, 15) is 4.79 Å². The van der Waals surface area contributed by atoms with Gasteiger partial charge < -0.3 is 10.6 Å². The van der Waals surface area contributed by atoms with Crippen molar-refractivity contribution >= 4 is 17.2 Å². The van der Waals surface area contributed by atoms with Crippen molar-refractivity contribution in [3.63, 3.8) is 0 Å². The third-order valence-electron chi connectivity index (χ3n) is 4.59. The van der Waals surface area contributed by atoms with Gasteiger partial charge in [0.2, 0.25) is 5.91 Å². The zero-order valence-corrected chi connectivity index (χ0v) is 12.3. The summed E-state index contributed by atoms with van der Waals surface area (Å²) in [6, 6.07) is 0.624. The van der Waals surface area contributed by atoms with Crippen LogP contribution in [0.25, 0.3) is 0 Å². The molecule has 2 heterocycles. The van der Waals surface area contributed by atoms with Gasteiger partial charge in [-0.15, -0.1) is 0 Å². The minimum absolute atomic E-state index is 0.0343. The van der Waals surface area contributed by atoms with Gasteiger partial charge in [0.05, 0.1) is 6.04 Å². The van der Waals surface area contributed by atoms with E-state index in [2.05, 4.69) is 28.3 Å². The van der Waals surface area contributed by atoms with Crippen LogP contribution in [0.5, 0.6) is 0 Å². The predicted octanol–water partition coefficient (Wildman–Crippen LogP) is 2.59. The van der Waals surface area contributed by atoms with E-state index in [0.717, 1.165) is 12.3 Å². The number of hydrogen-bond donors (Lipinski definition) is 2. The lowest BCUT2D eigenvalue weighted by Gasteiger charge is -2.24. The number of amides is 1. The van der Waals surface area contributed by atoms with Crippen LogP contribution >= 0.6 is 11.3 Å². The quantitative estimate of drug-likeness (QED) is 0.892. The molecule has 19 heavy (non-hydrogen) atoms. The first-order valence-electron chi connectivity index (χ1n) is 7.29. The highest BCUT2D eigenvalue weighted by Crippen LogP contribution is 2.33. The first kappa shape index (κ1) is 13.1. The Hall–Kier alpha value is -0.870. The molecule has 4 heteroatoms. The van der Waals surface area contributed by atoms with Crippen molar-refractivity contribution in [3.05, 3.63) is 21.9 Å². The summed E-state index contributed by atoms with van der Waals surface area (Å²) in [5.74, 6) is 0.910. The number of thiophene rings is 1. The summed E-state index contributed by atoms with van der Waals surface area (Å²) in [5, 5.41) is 10.9. The van der Waals surface area contributed by atoms with Gasteiger partial charge in [-0.05, 0) is 54.0 Å². The topological polar surface area (TPSA) is 41.1 Å². The largest absolute Gasteiger partial charge is 0.351 e. The second kappa shape index (κ2) is 5.63. The monoisotopic (exact) mass is 278 g/mol. The minimum Gasteiger partial charge on any atom is -0.351 e. The molecule has 0 bridgehead atoms. The van der Waals surface area contributed by atoms with Crippen molar-refractivity contribution < 1.29 is 4.79 Å². The molecule has 1 aromatic rings. The second-order valence-electron chi connectivity index (χ2n) is 5.90. The van der Waals surface area contributed by atoms with Crippen LogP contribution in [0.1, 0.15) is 43.2 Å². The fourth-order valence-corrected chi connectivity index (χ4v) is 4.25. The molecule has 2 aliphatic rings. The van der Waals surface area contributed by atoms with Crippen molar-refractivity contribution in [1.29, 1.82) is 0 Å². The van der Waals surface area contributed by atoms with Gasteiger partial charge in [-0.2, -0.15) is 11.3 Å². The molecule has 0 radical (unpaired) electrons. The Bertz CT molecular complexity index is 443. The summed E-state index contributed by atoms with van der Waals surface area (Å²) in [5.41, 5.74) is 2.52. The van der Waals surface area contributed by atoms with E-state index in [-0.39, 0.29) is 11.9 Å². The lowest BCUT2D eigenvalue weighted by molar-refractivity contribution is -0.123. The molecule has 3 rings (SSSR count). The second-order valence-corrected chi connectivity index (χ2v) is 6.65. The first-order chi connectivity index (χ1) is 9.24. The predicted molar refractivity (Wildman–Crippen MR) is 78.2 cm³/mol. The summed E-state index contributed by atoms with van der Waals surface area (Å²) in [6.45, 7) is 2.77. The average Bonchev–Trinajstić information content (AvgIpc) is 3.01. The number of nitrogens with one attached hydrogen (secondary N) is 2. The highest BCUT2D eigenvalue weighted by atomic mass is 32.1. The Morgan fingerprint density at radius 2 is 2.26 bits per heavy atom. The maximum Gasteiger partial charge on any atom is 0.237 e. The van der Waals surface area contributed by atoms with E-state index in [4.69, 9.17) is 0 Å². The SMILES string of the molecule is Cc1cscc1CNC(=O)C1CC2CCCCC2N1. The molecule has 0 spiro atoms. The van der Waals surface area contributed by atoms with Gasteiger partial charge >= 0.3 is 0 Å². The molecule has 1 aliphatic carbocycles. The first-order valence-corrected chi connectivity index (χ1v) is 8.24. The van der Waals surface area contributed by atoms with Crippen LogP contribution in [0.15, 0.2) is 10.8 Å². The van der Waals surface area contributed by atoms with Crippen molar-refractivity contribution in [2.24, 2.45) is 5.92 Å². The standard InChI is InChI=1S/C15H22N2OS/c1-10-8-19-9-12(10)7-16-15(18)14-6-11-4-2-3-5-13(11)17-14/h8-9,11,13-14,17H,2-7H2,1H3,(H,16,18). The Kier molecular flexibility index (Phi) is 3.89. The van der Waals surface area contributed by atoms with E-state index in [1.54, 1.807) is 11.3 Å². The van der Waals surface area contributed by atoms with Crippen molar-refractivity contribution in [2.45, 2.75) is 57.7 Å². The van der Waals surface area contributed by atoms with Crippen molar-refractivity contribution in [3.8, 4) is 0 Å². The lowest BCUT2D eigenvalue weighted by Crippen LogP contribution is -2.42. The lowest BCUT2D eigenvalue weighted by atomic mass is 9.85. The highest BCUT2D eigenvalue weighted by Gasteiger charge is 2.37. The van der Waals surface area contributed by atoms with E-state index in [1.807, 2.05) is 0 Å². The number of fused-ring (bicyclic) bond motifs is 1. The summed E-state index contributed by atoms with van der Waals surface area (Å²) in [4.78, 5) is 12.2. The molecule has 1 aromatic heterocycles. The molecule has 3 atom stereocenters. The van der Waals surface area contributed by atoms with Gasteiger partial charge in [-0.1, -0.05) is 12.8 Å². The maximum absolute atomic E-state index is 12.2. The molecule has 2 N–H and O–H groups in total. The van der Waals surface area contributed by atoms with Gasteiger partial charge in [-0.3, -0.25) is 4.79 Å². The molecule has 0 aromatic carbocycles. The number of hydrogen-bond acceptors (Lipinski definition) is 3. The van der Waals surface area contributed by atoms with Crippen LogP contribution in [0.4, 0.5) is 0 Å². The molecule has 1 saturated heterocycles. The van der Waals surface area contributed by atoms with E-state index >= 15 is 0 Å². The van der Waals surface area contributed by atoms with Gasteiger partial charge in [0.1, 0.15) is 0 Å². The zero-order valence-electron chi connectivity index (χ0n) is 11.4. The van der Waals surface area contributed by atoms with Crippen LogP contribution in [0.3, 0.4) is 0 Å². The number of carbonyl (C=O) groups is 1. The minimum atomic E-state index is 0.0343. The third kappa shape index (κ3) is 2.84. The number of aryl methyl sites for hydroxylation is 1. The van der Waals surface area contributed by atoms with Gasteiger partial charge in [0, 0.05) is 12.6 Å². The third-order valence-corrected chi connectivity index (χ3v) is 5.50. The summed E-state index contributed by atoms with van der Waals surface area (Å²) in [6.07, 6.45) is 6.23. The fraction of sp³-hybridized carbons (Fsp3) is 0.667. The normalized spacial score (nSPS) is 30.1. The highest BCUT2D eigenvalue weighted by molar-refractivity contribution is 7.08. The summed E-state index contributed by atoms with van der Waals surface area (Å²) >= 11 is 1.70. The smallest absolute Gasteiger partial charge is 0.237 e. The van der Waals surface area contributed by atoms with Crippen LogP contribution < -0.4 is 10.6 Å². The molecule has 104 valence electrons. The van der Waals surface area contributed by atoms with Crippen molar-refractivity contribution in [2.75, 3.05) is 0 Å². The Morgan fingerprint density at radius 3 is 3.00 bits per heavy atom. The maximum atomic E-state index is 12.2. The molecule has 1 amide bonds. The molecule has 2 fully saturated rings. The number of carbonyl (C=O) groups excluding carboxylic acids is 1. The number of rotatable bonds is 3.